The van der Waals surface area contributed by atoms with Crippen molar-refractivity contribution in [2.75, 3.05) is 5.73 Å². The van der Waals surface area contributed by atoms with Crippen LogP contribution in [0.2, 0.25) is 0 Å². The van der Waals surface area contributed by atoms with E-state index in [9.17, 15) is 0 Å². The van der Waals surface area contributed by atoms with Gasteiger partial charge in [-0.3, -0.25) is 5.10 Å². The van der Waals surface area contributed by atoms with Gasteiger partial charge in [-0.15, -0.1) is 0 Å². The van der Waals surface area contributed by atoms with Gasteiger partial charge in [-0.1, -0.05) is 19.0 Å². The predicted molar refractivity (Wildman–Crippen MR) is 79.7 cm³/mol. The molecule has 4 rings (SSSR count). The second-order valence-corrected chi connectivity index (χ2v) is 4.85. The summed E-state index contributed by atoms with van der Waals surface area (Å²) in [6, 6.07) is 0. The maximum absolute atomic E-state index is 5.90. The first-order valence-electron chi connectivity index (χ1n) is 7.16. The highest BCUT2D eigenvalue weighted by molar-refractivity contribution is 5.97. The molecular formula is C14H18N6O. The van der Waals surface area contributed by atoms with Crippen LogP contribution in [0.3, 0.4) is 0 Å². The standard InChI is InChI=1S/C12H12N6O.C2H6/c1-5-8(18-19-10(5)6-2-3-6)9-7-11(13)14-4-15-12(7)17-16-9;1-2/h4,6H,2-3H2,1H3,(H3,13,14,15,16,17);1-2H3. The average molecular weight is 286 g/mol. The summed E-state index contributed by atoms with van der Waals surface area (Å²) in [6.07, 6.45) is 3.74. The number of hydrogen-bond acceptors (Lipinski definition) is 6. The number of aromatic amines is 1. The van der Waals surface area contributed by atoms with Crippen molar-refractivity contribution >= 4 is 16.9 Å². The number of H-pyrrole nitrogens is 1. The van der Waals surface area contributed by atoms with Crippen LogP contribution in [0.15, 0.2) is 10.9 Å². The van der Waals surface area contributed by atoms with Crippen LogP contribution in [0.5, 0.6) is 0 Å². The Balaban J connectivity index is 0.000000636. The highest BCUT2D eigenvalue weighted by Gasteiger charge is 2.31. The number of anilines is 1. The van der Waals surface area contributed by atoms with Crippen LogP contribution in [-0.4, -0.2) is 25.3 Å². The molecule has 0 amide bonds. The van der Waals surface area contributed by atoms with Gasteiger partial charge < -0.3 is 10.3 Å². The molecule has 3 aromatic rings. The minimum atomic E-state index is 0.393. The van der Waals surface area contributed by atoms with Gasteiger partial charge in [0.15, 0.2) is 5.65 Å². The molecule has 0 aromatic carbocycles. The third kappa shape index (κ3) is 2.14. The number of rotatable bonds is 2. The first-order valence-corrected chi connectivity index (χ1v) is 7.16. The van der Waals surface area contributed by atoms with Crippen LogP contribution in [-0.2, 0) is 0 Å². The molecule has 110 valence electrons. The van der Waals surface area contributed by atoms with Crippen molar-refractivity contribution in [2.24, 2.45) is 0 Å². The third-order valence-electron chi connectivity index (χ3n) is 3.53. The molecular weight excluding hydrogens is 268 g/mol. The molecule has 0 bridgehead atoms. The molecule has 0 unspecified atom stereocenters. The van der Waals surface area contributed by atoms with E-state index in [4.69, 9.17) is 10.3 Å². The lowest BCUT2D eigenvalue weighted by Gasteiger charge is -1.97. The Bertz CT molecular complexity index is 771. The molecule has 1 aliphatic rings. The molecule has 21 heavy (non-hydrogen) atoms. The van der Waals surface area contributed by atoms with Gasteiger partial charge >= 0.3 is 0 Å². The van der Waals surface area contributed by atoms with E-state index >= 15 is 0 Å². The van der Waals surface area contributed by atoms with Crippen molar-refractivity contribution in [3.63, 3.8) is 0 Å². The van der Waals surface area contributed by atoms with E-state index in [1.807, 2.05) is 20.8 Å². The molecule has 0 radical (unpaired) electrons. The van der Waals surface area contributed by atoms with Crippen molar-refractivity contribution in [2.45, 2.75) is 39.5 Å². The van der Waals surface area contributed by atoms with Crippen LogP contribution in [0.4, 0.5) is 5.82 Å². The first-order chi connectivity index (χ1) is 10.3. The van der Waals surface area contributed by atoms with E-state index in [1.165, 1.54) is 19.2 Å². The Morgan fingerprint density at radius 2 is 2.05 bits per heavy atom. The summed E-state index contributed by atoms with van der Waals surface area (Å²) in [6.45, 7) is 6.01. The normalized spacial score (nSPS) is 14.0. The zero-order valence-corrected chi connectivity index (χ0v) is 12.3. The number of nitrogen functional groups attached to an aromatic ring is 1. The Morgan fingerprint density at radius 3 is 2.76 bits per heavy atom. The van der Waals surface area contributed by atoms with Crippen molar-refractivity contribution < 1.29 is 4.52 Å². The smallest absolute Gasteiger partial charge is 0.186 e. The number of aromatic nitrogens is 5. The Hall–Kier alpha value is -2.44. The van der Waals surface area contributed by atoms with Gasteiger partial charge in [0.05, 0.1) is 5.39 Å². The van der Waals surface area contributed by atoms with Gasteiger partial charge in [-0.25, -0.2) is 9.97 Å². The minimum absolute atomic E-state index is 0.393. The van der Waals surface area contributed by atoms with Gasteiger partial charge in [-0.05, 0) is 19.8 Å². The highest BCUT2D eigenvalue weighted by Crippen LogP contribution is 2.44. The van der Waals surface area contributed by atoms with Crippen molar-refractivity contribution in [3.8, 4) is 11.4 Å². The van der Waals surface area contributed by atoms with Gasteiger partial charge in [0, 0.05) is 11.5 Å². The molecule has 1 saturated carbocycles. The summed E-state index contributed by atoms with van der Waals surface area (Å²) >= 11 is 0. The van der Waals surface area contributed by atoms with Crippen LogP contribution in [0, 0.1) is 6.92 Å². The molecule has 1 fully saturated rings. The van der Waals surface area contributed by atoms with Crippen LogP contribution >= 0.6 is 0 Å². The molecule has 7 heteroatoms. The molecule has 0 atom stereocenters. The molecule has 0 aliphatic heterocycles. The second-order valence-electron chi connectivity index (χ2n) is 4.85. The quantitative estimate of drug-likeness (QED) is 0.750. The molecule has 0 saturated heterocycles. The maximum Gasteiger partial charge on any atom is 0.186 e. The van der Waals surface area contributed by atoms with E-state index in [-0.39, 0.29) is 0 Å². The summed E-state index contributed by atoms with van der Waals surface area (Å²) in [5, 5.41) is 11.9. The summed E-state index contributed by atoms with van der Waals surface area (Å²) in [4.78, 5) is 8.08. The number of nitrogens with zero attached hydrogens (tertiary/aromatic N) is 4. The molecule has 7 nitrogen and oxygen atoms in total. The van der Waals surface area contributed by atoms with Crippen LogP contribution in [0.25, 0.3) is 22.4 Å². The predicted octanol–water partition coefficient (Wildman–Crippen LogP) is 2.80. The largest absolute Gasteiger partial charge is 0.383 e. The molecule has 3 aromatic heterocycles. The fourth-order valence-electron chi connectivity index (χ4n) is 2.36. The van der Waals surface area contributed by atoms with Crippen molar-refractivity contribution in [3.05, 3.63) is 17.7 Å². The summed E-state index contributed by atoms with van der Waals surface area (Å²) in [7, 11) is 0. The molecule has 0 spiro atoms. The lowest BCUT2D eigenvalue weighted by Crippen LogP contribution is -1.93. The number of fused-ring (bicyclic) bond motifs is 1. The second kappa shape index (κ2) is 5.16. The topological polar surface area (TPSA) is 107 Å². The summed E-state index contributed by atoms with van der Waals surface area (Å²) in [5.41, 5.74) is 8.94. The number of nitrogens with two attached hydrogens (primary N) is 1. The Kier molecular flexibility index (Phi) is 3.32. The fourth-order valence-corrected chi connectivity index (χ4v) is 2.36. The maximum atomic E-state index is 5.90. The Morgan fingerprint density at radius 1 is 1.29 bits per heavy atom. The van der Waals surface area contributed by atoms with Crippen LogP contribution < -0.4 is 5.73 Å². The molecule has 3 N–H and O–H groups in total. The van der Waals surface area contributed by atoms with Crippen molar-refractivity contribution in [1.29, 1.82) is 0 Å². The lowest BCUT2D eigenvalue weighted by atomic mass is 10.1. The number of nitrogens with one attached hydrogen (secondary N) is 1. The van der Waals surface area contributed by atoms with Gasteiger partial charge in [-0.2, -0.15) is 5.10 Å². The van der Waals surface area contributed by atoms with Gasteiger partial charge in [0.1, 0.15) is 29.3 Å². The monoisotopic (exact) mass is 286 g/mol. The lowest BCUT2D eigenvalue weighted by molar-refractivity contribution is 0.385. The van der Waals surface area contributed by atoms with E-state index in [1.54, 1.807) is 0 Å². The molecule has 1 aliphatic carbocycles. The summed E-state index contributed by atoms with van der Waals surface area (Å²) in [5.74, 6) is 1.88. The zero-order chi connectivity index (χ0) is 15.0. The average Bonchev–Trinajstić information content (AvgIpc) is 3.14. The summed E-state index contributed by atoms with van der Waals surface area (Å²) < 4.78 is 5.45. The van der Waals surface area contributed by atoms with Crippen LogP contribution in [0.1, 0.15) is 43.9 Å². The SMILES string of the molecule is CC.Cc1c(-c2[nH]nc3ncnc(N)c23)noc1C1CC1. The van der Waals surface area contributed by atoms with E-state index in [0.717, 1.165) is 22.7 Å². The Labute approximate surface area is 122 Å². The van der Waals surface area contributed by atoms with E-state index in [2.05, 4.69) is 25.3 Å². The first kappa shape index (κ1) is 13.5. The molecule has 3 heterocycles. The van der Waals surface area contributed by atoms with E-state index in [0.29, 0.717) is 22.8 Å². The van der Waals surface area contributed by atoms with Gasteiger partial charge in [0.25, 0.3) is 0 Å². The van der Waals surface area contributed by atoms with E-state index < -0.39 is 0 Å². The number of hydrogen-bond donors (Lipinski definition) is 2. The van der Waals surface area contributed by atoms with Gasteiger partial charge in [0.2, 0.25) is 0 Å². The zero-order valence-electron chi connectivity index (χ0n) is 12.3. The fraction of sp³-hybridized carbons (Fsp3) is 0.429. The van der Waals surface area contributed by atoms with Crippen molar-refractivity contribution in [1.82, 2.24) is 25.3 Å². The minimum Gasteiger partial charge on any atom is -0.383 e. The highest BCUT2D eigenvalue weighted by atomic mass is 16.5. The third-order valence-corrected chi connectivity index (χ3v) is 3.53.